The molecule has 3 heterocycles. The first-order valence-corrected chi connectivity index (χ1v) is 8.62. The summed E-state index contributed by atoms with van der Waals surface area (Å²) in [5.41, 5.74) is 1.12. The summed E-state index contributed by atoms with van der Waals surface area (Å²) in [7, 11) is 0. The molecular weight excluding hydrogens is 314 g/mol. The Morgan fingerprint density at radius 1 is 1.35 bits per heavy atom. The Balaban J connectivity index is 1.61. The highest BCUT2D eigenvalue weighted by Crippen LogP contribution is 2.41. The third-order valence-corrected chi connectivity index (χ3v) is 5.42. The summed E-state index contributed by atoms with van der Waals surface area (Å²) in [6.45, 7) is 3.23. The van der Waals surface area contributed by atoms with Gasteiger partial charge in [0.1, 0.15) is 6.04 Å². The number of carbonyl (C=O) groups is 1. The minimum absolute atomic E-state index is 0.110. The summed E-state index contributed by atoms with van der Waals surface area (Å²) >= 11 is 1.74. The normalized spacial score (nSPS) is 23.8. The second kappa shape index (κ2) is 5.98. The van der Waals surface area contributed by atoms with E-state index in [1.54, 1.807) is 18.7 Å². The molecule has 1 saturated heterocycles. The molecule has 2 aromatic rings. The molecule has 0 bridgehead atoms. The van der Waals surface area contributed by atoms with Gasteiger partial charge in [0.2, 0.25) is 17.7 Å². The van der Waals surface area contributed by atoms with Crippen molar-refractivity contribution >= 4 is 17.7 Å². The lowest BCUT2D eigenvalue weighted by Gasteiger charge is -2.35. The highest BCUT2D eigenvalue weighted by Gasteiger charge is 2.38. The Labute approximate surface area is 138 Å². The molecule has 1 amide bonds. The smallest absolute Gasteiger partial charge is 0.241 e. The maximum Gasteiger partial charge on any atom is 0.241 e. The van der Waals surface area contributed by atoms with Gasteiger partial charge in [-0.1, -0.05) is 18.2 Å². The van der Waals surface area contributed by atoms with E-state index in [1.165, 1.54) is 4.90 Å². The molecule has 1 aromatic heterocycles. The van der Waals surface area contributed by atoms with E-state index in [-0.39, 0.29) is 17.9 Å². The summed E-state index contributed by atoms with van der Waals surface area (Å²) in [4.78, 5) is 16.2. The average molecular weight is 331 g/mol. The van der Waals surface area contributed by atoms with Crippen LogP contribution in [-0.2, 0) is 9.53 Å². The molecule has 0 radical (unpaired) electrons. The molecule has 2 aliphatic heterocycles. The number of nitrogens with zero attached hydrogens (tertiary/aromatic N) is 3. The van der Waals surface area contributed by atoms with Gasteiger partial charge in [-0.3, -0.25) is 4.79 Å². The number of ether oxygens (including phenoxy) is 1. The molecule has 1 aromatic carbocycles. The Kier molecular flexibility index (Phi) is 3.82. The van der Waals surface area contributed by atoms with E-state index in [9.17, 15) is 4.79 Å². The second-order valence-electron chi connectivity index (χ2n) is 5.68. The number of morpholine rings is 1. The number of hydrogen-bond acceptors (Lipinski definition) is 6. The Morgan fingerprint density at radius 3 is 3.04 bits per heavy atom. The number of carbonyl (C=O) groups excluding carboxylic acids is 1. The number of aryl methyl sites for hydroxylation is 1. The molecule has 2 unspecified atom stereocenters. The van der Waals surface area contributed by atoms with E-state index in [4.69, 9.17) is 9.15 Å². The van der Waals surface area contributed by atoms with Crippen molar-refractivity contribution in [2.24, 2.45) is 0 Å². The van der Waals surface area contributed by atoms with Crippen LogP contribution in [0.25, 0.3) is 0 Å². The molecule has 0 N–H and O–H groups in total. The Hall–Kier alpha value is -1.86. The number of benzene rings is 1. The number of hydrogen-bond donors (Lipinski definition) is 0. The lowest BCUT2D eigenvalue weighted by molar-refractivity contribution is -0.142. The fourth-order valence-electron chi connectivity index (χ4n) is 3.09. The zero-order valence-corrected chi connectivity index (χ0v) is 13.6. The summed E-state index contributed by atoms with van der Waals surface area (Å²) in [5, 5.41) is 7.95. The summed E-state index contributed by atoms with van der Waals surface area (Å²) in [6, 6.07) is 7.83. The van der Waals surface area contributed by atoms with Crippen molar-refractivity contribution in [2.75, 3.05) is 25.5 Å². The van der Waals surface area contributed by atoms with Gasteiger partial charge in [0.05, 0.1) is 19.1 Å². The predicted octanol–water partition coefficient (Wildman–Crippen LogP) is 2.17. The van der Waals surface area contributed by atoms with E-state index >= 15 is 0 Å². The molecule has 0 aliphatic carbocycles. The first-order valence-electron chi connectivity index (χ1n) is 7.64. The van der Waals surface area contributed by atoms with E-state index in [2.05, 4.69) is 16.3 Å². The third-order valence-electron chi connectivity index (χ3n) is 4.24. The zero-order valence-electron chi connectivity index (χ0n) is 12.8. The molecule has 23 heavy (non-hydrogen) atoms. The fourth-order valence-corrected chi connectivity index (χ4v) is 4.31. The average Bonchev–Trinajstić information content (AvgIpc) is 3.20. The molecule has 0 spiro atoms. The van der Waals surface area contributed by atoms with Crippen LogP contribution < -0.4 is 0 Å². The van der Waals surface area contributed by atoms with Crippen molar-refractivity contribution < 1.29 is 13.9 Å². The highest BCUT2D eigenvalue weighted by atomic mass is 32.2. The first-order chi connectivity index (χ1) is 11.2. The summed E-state index contributed by atoms with van der Waals surface area (Å²) < 4.78 is 11.1. The minimum Gasteiger partial charge on any atom is -0.423 e. The van der Waals surface area contributed by atoms with Gasteiger partial charge in [0.15, 0.2) is 0 Å². The van der Waals surface area contributed by atoms with Gasteiger partial charge in [-0.25, -0.2) is 0 Å². The van der Waals surface area contributed by atoms with Crippen molar-refractivity contribution in [2.45, 2.75) is 23.8 Å². The van der Waals surface area contributed by atoms with Gasteiger partial charge in [-0.05, 0) is 11.6 Å². The van der Waals surface area contributed by atoms with Crippen LogP contribution in [0.2, 0.25) is 0 Å². The monoisotopic (exact) mass is 331 g/mol. The number of fused-ring (bicyclic) bond motifs is 1. The summed E-state index contributed by atoms with van der Waals surface area (Å²) in [5.74, 6) is 1.74. The third kappa shape index (κ3) is 2.64. The number of thioether (sulfide) groups is 1. The van der Waals surface area contributed by atoms with Crippen molar-refractivity contribution in [3.05, 3.63) is 41.6 Å². The molecule has 2 atom stereocenters. The quantitative estimate of drug-likeness (QED) is 0.840. The number of rotatable bonds is 2. The van der Waals surface area contributed by atoms with Gasteiger partial charge < -0.3 is 14.1 Å². The molecule has 2 aliphatic rings. The van der Waals surface area contributed by atoms with E-state index in [1.807, 2.05) is 23.1 Å². The lowest BCUT2D eigenvalue weighted by Crippen LogP contribution is -2.45. The molecule has 0 saturated carbocycles. The van der Waals surface area contributed by atoms with Gasteiger partial charge in [-0.2, -0.15) is 0 Å². The van der Waals surface area contributed by atoms with Crippen molar-refractivity contribution in [3.8, 4) is 0 Å². The van der Waals surface area contributed by atoms with E-state index < -0.39 is 0 Å². The van der Waals surface area contributed by atoms with Crippen LogP contribution in [-0.4, -0.2) is 46.5 Å². The molecular formula is C16H17N3O3S. The zero-order chi connectivity index (χ0) is 15.8. The standard InChI is InChI=1S/C16H17N3O3S/c1-10-17-18-15(22-10)13-8-21-7-6-19(13)16(20)12-9-23-14-5-3-2-4-11(12)14/h2-5,12-13H,6-9H2,1H3. The van der Waals surface area contributed by atoms with Gasteiger partial charge in [0.25, 0.3) is 0 Å². The minimum atomic E-state index is -0.296. The van der Waals surface area contributed by atoms with Crippen LogP contribution >= 0.6 is 11.8 Å². The summed E-state index contributed by atoms with van der Waals surface area (Å²) in [6.07, 6.45) is 0. The topological polar surface area (TPSA) is 68.5 Å². The van der Waals surface area contributed by atoms with Crippen LogP contribution in [0.4, 0.5) is 0 Å². The molecule has 1 fully saturated rings. The highest BCUT2D eigenvalue weighted by molar-refractivity contribution is 7.99. The van der Waals surface area contributed by atoms with E-state index in [0.29, 0.717) is 31.5 Å². The number of aromatic nitrogens is 2. The van der Waals surface area contributed by atoms with Crippen LogP contribution in [0.5, 0.6) is 0 Å². The molecule has 4 rings (SSSR count). The fraction of sp³-hybridized carbons (Fsp3) is 0.438. The Bertz CT molecular complexity index is 733. The van der Waals surface area contributed by atoms with Crippen molar-refractivity contribution in [1.29, 1.82) is 0 Å². The van der Waals surface area contributed by atoms with Crippen LogP contribution in [0.15, 0.2) is 33.6 Å². The van der Waals surface area contributed by atoms with Crippen molar-refractivity contribution in [1.82, 2.24) is 15.1 Å². The molecule has 6 nitrogen and oxygen atoms in total. The predicted molar refractivity (Wildman–Crippen MR) is 84.2 cm³/mol. The molecule has 120 valence electrons. The largest absolute Gasteiger partial charge is 0.423 e. The first kappa shape index (κ1) is 14.7. The maximum atomic E-state index is 13.1. The van der Waals surface area contributed by atoms with Gasteiger partial charge in [0, 0.05) is 24.1 Å². The van der Waals surface area contributed by atoms with Gasteiger partial charge >= 0.3 is 0 Å². The second-order valence-corrected chi connectivity index (χ2v) is 6.74. The van der Waals surface area contributed by atoms with Crippen LogP contribution in [0.3, 0.4) is 0 Å². The SMILES string of the molecule is Cc1nnc(C2COCCN2C(=O)C2CSc3ccccc32)o1. The Morgan fingerprint density at radius 2 is 2.22 bits per heavy atom. The van der Waals surface area contributed by atoms with Gasteiger partial charge in [-0.15, -0.1) is 22.0 Å². The van der Waals surface area contributed by atoms with E-state index in [0.717, 1.165) is 11.3 Å². The van der Waals surface area contributed by atoms with Crippen LogP contribution in [0.1, 0.15) is 29.3 Å². The maximum absolute atomic E-state index is 13.1. The molecule has 7 heteroatoms. The van der Waals surface area contributed by atoms with Crippen LogP contribution in [0, 0.1) is 6.92 Å². The van der Waals surface area contributed by atoms with Crippen molar-refractivity contribution in [3.63, 3.8) is 0 Å². The number of amides is 1. The lowest BCUT2D eigenvalue weighted by atomic mass is 9.98.